The van der Waals surface area contributed by atoms with Crippen LogP contribution in [0.5, 0.6) is 5.75 Å². The average molecular weight is 272 g/mol. The summed E-state index contributed by atoms with van der Waals surface area (Å²) in [4.78, 5) is 13.5. The number of hydrogen-bond acceptors (Lipinski definition) is 5. The van der Waals surface area contributed by atoms with Crippen LogP contribution in [-0.2, 0) is 0 Å². The summed E-state index contributed by atoms with van der Waals surface area (Å²) in [5.74, 6) is 2.57. The van der Waals surface area contributed by atoms with Crippen molar-refractivity contribution in [1.29, 1.82) is 0 Å². The van der Waals surface area contributed by atoms with Gasteiger partial charge in [-0.25, -0.2) is 9.97 Å². The zero-order chi connectivity index (χ0) is 14.5. The monoisotopic (exact) mass is 272 g/mol. The Hall–Kier alpha value is -2.17. The zero-order valence-electron chi connectivity index (χ0n) is 12.3. The number of pyridine rings is 1. The highest BCUT2D eigenvalue weighted by Gasteiger charge is 2.13. The molecule has 0 radical (unpaired) electrons. The van der Waals surface area contributed by atoms with Crippen LogP contribution in [0.15, 0.2) is 24.4 Å². The van der Waals surface area contributed by atoms with Crippen molar-refractivity contribution in [2.75, 3.05) is 19.0 Å². The standard InChI is InChI=1S/C15H20N4O/c1-5-16-13-9-11(18-15(19-13)10(2)3)14-12(20-4)7-6-8-17-14/h6-10H,5H2,1-4H3,(H,16,18,19). The summed E-state index contributed by atoms with van der Waals surface area (Å²) in [5.41, 5.74) is 1.51. The number of rotatable bonds is 5. The molecule has 0 saturated heterocycles. The lowest BCUT2D eigenvalue weighted by Gasteiger charge is -2.12. The van der Waals surface area contributed by atoms with Crippen LogP contribution in [0.3, 0.4) is 0 Å². The van der Waals surface area contributed by atoms with Crippen molar-refractivity contribution in [1.82, 2.24) is 15.0 Å². The van der Waals surface area contributed by atoms with E-state index in [1.165, 1.54) is 0 Å². The molecule has 0 spiro atoms. The third-order valence-electron chi connectivity index (χ3n) is 2.85. The smallest absolute Gasteiger partial charge is 0.146 e. The first kappa shape index (κ1) is 14.2. The number of hydrogen-bond donors (Lipinski definition) is 1. The van der Waals surface area contributed by atoms with E-state index in [2.05, 4.69) is 34.1 Å². The van der Waals surface area contributed by atoms with Crippen molar-refractivity contribution >= 4 is 5.82 Å². The highest BCUT2D eigenvalue weighted by atomic mass is 16.5. The maximum absolute atomic E-state index is 5.36. The summed E-state index contributed by atoms with van der Waals surface area (Å²) in [6, 6.07) is 5.63. The molecule has 0 amide bonds. The third kappa shape index (κ3) is 3.04. The first-order valence-electron chi connectivity index (χ1n) is 6.78. The third-order valence-corrected chi connectivity index (χ3v) is 2.85. The van der Waals surface area contributed by atoms with Crippen molar-refractivity contribution in [2.24, 2.45) is 0 Å². The lowest BCUT2D eigenvalue weighted by atomic mass is 10.2. The van der Waals surface area contributed by atoms with Crippen molar-refractivity contribution in [3.63, 3.8) is 0 Å². The average Bonchev–Trinajstić information content (AvgIpc) is 2.47. The van der Waals surface area contributed by atoms with Gasteiger partial charge >= 0.3 is 0 Å². The fourth-order valence-electron chi connectivity index (χ4n) is 1.86. The fourth-order valence-corrected chi connectivity index (χ4v) is 1.86. The summed E-state index contributed by atoms with van der Waals surface area (Å²) in [5, 5.41) is 3.23. The Morgan fingerprint density at radius 2 is 2.10 bits per heavy atom. The summed E-state index contributed by atoms with van der Waals surface area (Å²) in [6.07, 6.45) is 1.74. The summed E-state index contributed by atoms with van der Waals surface area (Å²) in [7, 11) is 1.64. The molecule has 0 aliphatic heterocycles. The van der Waals surface area contributed by atoms with Gasteiger partial charge in [0.1, 0.15) is 23.1 Å². The first-order valence-corrected chi connectivity index (χ1v) is 6.78. The second-order valence-corrected chi connectivity index (χ2v) is 4.74. The topological polar surface area (TPSA) is 59.9 Å². The van der Waals surface area contributed by atoms with Crippen LogP contribution >= 0.6 is 0 Å². The minimum atomic E-state index is 0.252. The van der Waals surface area contributed by atoms with Crippen LogP contribution in [-0.4, -0.2) is 28.6 Å². The normalized spacial score (nSPS) is 10.7. The molecule has 0 saturated carbocycles. The van der Waals surface area contributed by atoms with Crippen LogP contribution < -0.4 is 10.1 Å². The molecule has 2 heterocycles. The molecule has 0 atom stereocenters. The van der Waals surface area contributed by atoms with E-state index < -0.39 is 0 Å². The molecule has 2 aromatic rings. The highest BCUT2D eigenvalue weighted by Crippen LogP contribution is 2.28. The summed E-state index contributed by atoms with van der Waals surface area (Å²) in [6.45, 7) is 7.00. The Labute approximate surface area is 119 Å². The minimum Gasteiger partial charge on any atom is -0.494 e. The van der Waals surface area contributed by atoms with Gasteiger partial charge in [0, 0.05) is 24.7 Å². The van der Waals surface area contributed by atoms with Crippen LogP contribution in [0.25, 0.3) is 11.4 Å². The molecule has 0 aliphatic rings. The maximum atomic E-state index is 5.36. The zero-order valence-corrected chi connectivity index (χ0v) is 12.3. The summed E-state index contributed by atoms with van der Waals surface area (Å²) < 4.78 is 5.36. The van der Waals surface area contributed by atoms with Crippen molar-refractivity contribution < 1.29 is 4.74 Å². The lowest BCUT2D eigenvalue weighted by molar-refractivity contribution is 0.414. The molecule has 0 unspecified atom stereocenters. The number of ether oxygens (including phenoxy) is 1. The Morgan fingerprint density at radius 3 is 2.75 bits per heavy atom. The molecular formula is C15H20N4O. The summed E-state index contributed by atoms with van der Waals surface area (Å²) >= 11 is 0. The number of aromatic nitrogens is 3. The molecule has 20 heavy (non-hydrogen) atoms. The van der Waals surface area contributed by atoms with Gasteiger partial charge in [-0.2, -0.15) is 0 Å². The van der Waals surface area contributed by atoms with Gasteiger partial charge in [0.25, 0.3) is 0 Å². The van der Waals surface area contributed by atoms with E-state index in [0.29, 0.717) is 5.75 Å². The van der Waals surface area contributed by atoms with Crippen LogP contribution in [0.1, 0.15) is 32.5 Å². The van der Waals surface area contributed by atoms with Crippen LogP contribution in [0, 0.1) is 0 Å². The highest BCUT2D eigenvalue weighted by molar-refractivity contribution is 5.65. The number of methoxy groups -OCH3 is 1. The number of anilines is 1. The van der Waals surface area contributed by atoms with E-state index >= 15 is 0 Å². The van der Waals surface area contributed by atoms with E-state index in [0.717, 1.165) is 29.6 Å². The molecular weight excluding hydrogens is 252 g/mol. The molecule has 2 rings (SSSR count). The van der Waals surface area contributed by atoms with Gasteiger partial charge in [-0.1, -0.05) is 13.8 Å². The Balaban J connectivity index is 2.54. The van der Waals surface area contributed by atoms with Crippen LogP contribution in [0.4, 0.5) is 5.82 Å². The minimum absolute atomic E-state index is 0.252. The number of nitrogens with zero attached hydrogens (tertiary/aromatic N) is 3. The Kier molecular flexibility index (Phi) is 4.50. The van der Waals surface area contributed by atoms with E-state index in [4.69, 9.17) is 4.74 Å². The molecule has 2 aromatic heterocycles. The van der Waals surface area contributed by atoms with Gasteiger partial charge in [0.05, 0.1) is 12.8 Å². The Bertz CT molecular complexity index is 584. The molecule has 5 nitrogen and oxygen atoms in total. The molecule has 0 fully saturated rings. The van der Waals surface area contributed by atoms with Gasteiger partial charge in [0.15, 0.2) is 0 Å². The fraction of sp³-hybridized carbons (Fsp3) is 0.400. The van der Waals surface area contributed by atoms with Gasteiger partial charge in [-0.15, -0.1) is 0 Å². The van der Waals surface area contributed by atoms with Crippen molar-refractivity contribution in [3.8, 4) is 17.1 Å². The number of nitrogens with one attached hydrogen (secondary N) is 1. The molecule has 0 aromatic carbocycles. The van der Waals surface area contributed by atoms with Gasteiger partial charge in [-0.05, 0) is 19.1 Å². The SMILES string of the molecule is CCNc1cc(-c2ncccc2OC)nc(C(C)C)n1. The van der Waals surface area contributed by atoms with E-state index in [9.17, 15) is 0 Å². The predicted molar refractivity (Wildman–Crippen MR) is 80.1 cm³/mol. The predicted octanol–water partition coefficient (Wildman–Crippen LogP) is 3.10. The molecule has 106 valence electrons. The van der Waals surface area contributed by atoms with Gasteiger partial charge in [0.2, 0.25) is 0 Å². The van der Waals surface area contributed by atoms with Crippen molar-refractivity contribution in [3.05, 3.63) is 30.2 Å². The second-order valence-electron chi connectivity index (χ2n) is 4.74. The largest absolute Gasteiger partial charge is 0.494 e. The quantitative estimate of drug-likeness (QED) is 0.906. The molecule has 0 aliphatic carbocycles. The van der Waals surface area contributed by atoms with Gasteiger partial charge in [-0.3, -0.25) is 4.98 Å². The lowest BCUT2D eigenvalue weighted by Crippen LogP contribution is -2.06. The van der Waals surface area contributed by atoms with E-state index in [-0.39, 0.29) is 5.92 Å². The van der Waals surface area contributed by atoms with Crippen LogP contribution in [0.2, 0.25) is 0 Å². The second kappa shape index (κ2) is 6.32. The first-order chi connectivity index (χ1) is 9.65. The molecule has 5 heteroatoms. The van der Waals surface area contributed by atoms with E-state index in [1.54, 1.807) is 13.3 Å². The molecule has 0 bridgehead atoms. The Morgan fingerprint density at radius 1 is 1.30 bits per heavy atom. The van der Waals surface area contributed by atoms with Gasteiger partial charge < -0.3 is 10.1 Å². The van der Waals surface area contributed by atoms with E-state index in [1.807, 2.05) is 25.1 Å². The van der Waals surface area contributed by atoms with Crippen molar-refractivity contribution in [2.45, 2.75) is 26.7 Å². The molecule has 1 N–H and O–H groups in total. The maximum Gasteiger partial charge on any atom is 0.146 e.